The Morgan fingerprint density at radius 3 is 2.88 bits per heavy atom. The van der Waals surface area contributed by atoms with Crippen molar-refractivity contribution in [2.75, 3.05) is 20.2 Å². The summed E-state index contributed by atoms with van der Waals surface area (Å²) in [6, 6.07) is 0. The van der Waals surface area contributed by atoms with Crippen molar-refractivity contribution in [3.05, 3.63) is 11.6 Å². The fourth-order valence-corrected chi connectivity index (χ4v) is 1.86. The Morgan fingerprint density at radius 1 is 1.53 bits per heavy atom. The van der Waals surface area contributed by atoms with Gasteiger partial charge in [-0.15, -0.1) is 0 Å². The minimum atomic E-state index is -0.333. The van der Waals surface area contributed by atoms with Crippen LogP contribution in [0.1, 0.15) is 33.1 Å². The van der Waals surface area contributed by atoms with Gasteiger partial charge in [-0.1, -0.05) is 13.0 Å². The van der Waals surface area contributed by atoms with Crippen molar-refractivity contribution in [2.45, 2.75) is 33.1 Å². The highest BCUT2D eigenvalue weighted by atomic mass is 16.5. The minimum absolute atomic E-state index is 0.184. The maximum atomic E-state index is 11.8. The van der Waals surface area contributed by atoms with E-state index in [0.717, 1.165) is 19.4 Å². The topological polar surface area (TPSA) is 46.6 Å². The average molecular weight is 239 g/mol. The third-order valence-electron chi connectivity index (χ3n) is 3.22. The SMILES string of the molecule is COC(=O)C(C)=CCN1CCC(C)CCC1=O. The summed E-state index contributed by atoms with van der Waals surface area (Å²) in [5.74, 6) is 0.457. The van der Waals surface area contributed by atoms with Crippen molar-refractivity contribution >= 4 is 11.9 Å². The first-order chi connectivity index (χ1) is 8.04. The Labute approximate surface area is 103 Å². The van der Waals surface area contributed by atoms with Gasteiger partial charge in [-0.25, -0.2) is 4.79 Å². The number of carbonyl (C=O) groups excluding carboxylic acids is 2. The molecule has 1 saturated heterocycles. The van der Waals surface area contributed by atoms with Gasteiger partial charge in [-0.05, 0) is 25.7 Å². The van der Waals surface area contributed by atoms with Gasteiger partial charge in [0.1, 0.15) is 0 Å². The highest BCUT2D eigenvalue weighted by Gasteiger charge is 2.19. The Kier molecular flexibility index (Phi) is 5.19. The summed E-state index contributed by atoms with van der Waals surface area (Å²) < 4.78 is 4.61. The molecule has 1 rings (SSSR count). The van der Waals surface area contributed by atoms with Crippen LogP contribution in [0.5, 0.6) is 0 Å². The van der Waals surface area contributed by atoms with Crippen molar-refractivity contribution < 1.29 is 14.3 Å². The second-order valence-electron chi connectivity index (χ2n) is 4.65. The van der Waals surface area contributed by atoms with Crippen LogP contribution in [0.2, 0.25) is 0 Å². The second-order valence-corrected chi connectivity index (χ2v) is 4.65. The molecule has 4 heteroatoms. The van der Waals surface area contributed by atoms with Crippen LogP contribution in [-0.4, -0.2) is 37.0 Å². The molecular weight excluding hydrogens is 218 g/mol. The van der Waals surface area contributed by atoms with E-state index in [-0.39, 0.29) is 11.9 Å². The molecule has 0 N–H and O–H groups in total. The van der Waals surface area contributed by atoms with Crippen LogP contribution >= 0.6 is 0 Å². The highest BCUT2D eigenvalue weighted by molar-refractivity contribution is 5.87. The van der Waals surface area contributed by atoms with E-state index < -0.39 is 0 Å². The molecule has 1 heterocycles. The summed E-state index contributed by atoms with van der Waals surface area (Å²) in [6.45, 7) is 5.17. The van der Waals surface area contributed by atoms with E-state index in [1.807, 2.05) is 4.90 Å². The summed E-state index contributed by atoms with van der Waals surface area (Å²) in [7, 11) is 1.36. The molecule has 17 heavy (non-hydrogen) atoms. The van der Waals surface area contributed by atoms with Gasteiger partial charge in [0.2, 0.25) is 5.91 Å². The average Bonchev–Trinajstić information content (AvgIpc) is 2.48. The summed E-state index contributed by atoms with van der Waals surface area (Å²) in [4.78, 5) is 24.8. The number of carbonyl (C=O) groups is 2. The second kappa shape index (κ2) is 6.42. The van der Waals surface area contributed by atoms with E-state index in [2.05, 4.69) is 11.7 Å². The van der Waals surface area contributed by atoms with E-state index in [1.54, 1.807) is 13.0 Å². The fourth-order valence-electron chi connectivity index (χ4n) is 1.86. The van der Waals surface area contributed by atoms with E-state index in [4.69, 9.17) is 0 Å². The lowest BCUT2D eigenvalue weighted by Gasteiger charge is -2.18. The number of methoxy groups -OCH3 is 1. The zero-order valence-electron chi connectivity index (χ0n) is 10.9. The van der Waals surface area contributed by atoms with E-state index in [9.17, 15) is 9.59 Å². The van der Waals surface area contributed by atoms with Crippen LogP contribution < -0.4 is 0 Å². The van der Waals surface area contributed by atoms with Gasteiger partial charge in [0.15, 0.2) is 0 Å². The van der Waals surface area contributed by atoms with E-state index in [0.29, 0.717) is 24.5 Å². The molecule has 1 unspecified atom stereocenters. The Bertz CT molecular complexity index is 323. The molecule has 1 aliphatic heterocycles. The standard InChI is InChI=1S/C13H21NO3/c1-10-4-5-12(15)14(8-6-10)9-7-11(2)13(16)17-3/h7,10H,4-6,8-9H2,1-3H3. The molecule has 0 bridgehead atoms. The monoisotopic (exact) mass is 239 g/mol. The van der Waals surface area contributed by atoms with Crippen LogP contribution in [0, 0.1) is 5.92 Å². The van der Waals surface area contributed by atoms with Crippen LogP contribution in [0.3, 0.4) is 0 Å². The quantitative estimate of drug-likeness (QED) is 0.557. The smallest absolute Gasteiger partial charge is 0.333 e. The van der Waals surface area contributed by atoms with Crippen LogP contribution in [-0.2, 0) is 14.3 Å². The van der Waals surface area contributed by atoms with Gasteiger partial charge < -0.3 is 9.64 Å². The van der Waals surface area contributed by atoms with Crippen LogP contribution in [0.15, 0.2) is 11.6 Å². The molecule has 0 saturated carbocycles. The first-order valence-corrected chi connectivity index (χ1v) is 6.07. The van der Waals surface area contributed by atoms with Crippen LogP contribution in [0.4, 0.5) is 0 Å². The molecule has 0 aromatic heterocycles. The fraction of sp³-hybridized carbons (Fsp3) is 0.692. The van der Waals surface area contributed by atoms with Gasteiger partial charge >= 0.3 is 5.97 Å². The van der Waals surface area contributed by atoms with Crippen molar-refractivity contribution in [2.24, 2.45) is 5.92 Å². The molecule has 0 aliphatic carbocycles. The van der Waals surface area contributed by atoms with Gasteiger partial charge in [0.25, 0.3) is 0 Å². The third-order valence-corrected chi connectivity index (χ3v) is 3.22. The zero-order valence-corrected chi connectivity index (χ0v) is 10.9. The van der Waals surface area contributed by atoms with Crippen LogP contribution in [0.25, 0.3) is 0 Å². The zero-order chi connectivity index (χ0) is 12.8. The molecule has 0 radical (unpaired) electrons. The van der Waals surface area contributed by atoms with E-state index in [1.165, 1.54) is 7.11 Å². The molecule has 0 aromatic carbocycles. The molecule has 1 atom stereocenters. The van der Waals surface area contributed by atoms with Gasteiger partial charge in [0.05, 0.1) is 7.11 Å². The Hall–Kier alpha value is -1.32. The lowest BCUT2D eigenvalue weighted by molar-refractivity contribution is -0.136. The normalized spacial score (nSPS) is 22.3. The summed E-state index contributed by atoms with van der Waals surface area (Å²) >= 11 is 0. The molecule has 0 aromatic rings. The van der Waals surface area contributed by atoms with Crippen molar-refractivity contribution in [3.8, 4) is 0 Å². The van der Waals surface area contributed by atoms with E-state index >= 15 is 0 Å². The molecule has 1 fully saturated rings. The van der Waals surface area contributed by atoms with Gasteiger partial charge in [-0.2, -0.15) is 0 Å². The predicted molar refractivity (Wildman–Crippen MR) is 65.4 cm³/mol. The molecule has 96 valence electrons. The van der Waals surface area contributed by atoms with Crippen molar-refractivity contribution in [3.63, 3.8) is 0 Å². The maximum absolute atomic E-state index is 11.8. The number of hydrogen-bond acceptors (Lipinski definition) is 3. The lowest BCUT2D eigenvalue weighted by atomic mass is 10.0. The maximum Gasteiger partial charge on any atom is 0.333 e. The summed E-state index contributed by atoms with van der Waals surface area (Å²) in [6.07, 6.45) is 4.39. The Morgan fingerprint density at radius 2 is 2.24 bits per heavy atom. The minimum Gasteiger partial charge on any atom is -0.466 e. The molecular formula is C13H21NO3. The van der Waals surface area contributed by atoms with Gasteiger partial charge in [-0.3, -0.25) is 4.79 Å². The Balaban J connectivity index is 2.55. The number of likely N-dealkylation sites (tertiary alicyclic amines) is 1. The molecule has 1 aliphatic rings. The number of nitrogens with zero attached hydrogens (tertiary/aromatic N) is 1. The number of amides is 1. The highest BCUT2D eigenvalue weighted by Crippen LogP contribution is 2.17. The lowest BCUT2D eigenvalue weighted by Crippen LogP contribution is -2.30. The van der Waals surface area contributed by atoms with Crippen molar-refractivity contribution in [1.82, 2.24) is 4.90 Å². The predicted octanol–water partition coefficient (Wildman–Crippen LogP) is 1.75. The number of esters is 1. The first-order valence-electron chi connectivity index (χ1n) is 6.07. The summed E-state index contributed by atoms with van der Waals surface area (Å²) in [5.41, 5.74) is 0.553. The molecule has 4 nitrogen and oxygen atoms in total. The first kappa shape index (κ1) is 13.7. The number of ether oxygens (including phenoxy) is 1. The molecule has 1 amide bonds. The number of rotatable bonds is 3. The number of hydrogen-bond donors (Lipinski definition) is 0. The molecule has 0 spiro atoms. The van der Waals surface area contributed by atoms with Crippen molar-refractivity contribution in [1.29, 1.82) is 0 Å². The third kappa shape index (κ3) is 4.21. The van der Waals surface area contributed by atoms with Gasteiger partial charge in [0, 0.05) is 25.1 Å². The summed E-state index contributed by atoms with van der Waals surface area (Å²) in [5, 5.41) is 0. The largest absolute Gasteiger partial charge is 0.466 e.